The minimum Gasteiger partial charge on any atom is -0.343 e. The Kier molecular flexibility index (Phi) is 6.25. The van der Waals surface area contributed by atoms with Gasteiger partial charge in [0.1, 0.15) is 0 Å². The number of hydrogen-bond acceptors (Lipinski definition) is 5. The molecule has 4 rings (SSSR count). The van der Waals surface area contributed by atoms with Crippen LogP contribution in [0.25, 0.3) is 0 Å². The zero-order chi connectivity index (χ0) is 21.1. The highest BCUT2D eigenvalue weighted by Gasteiger charge is 2.49. The van der Waals surface area contributed by atoms with Gasteiger partial charge in [0.25, 0.3) is 5.91 Å². The summed E-state index contributed by atoms with van der Waals surface area (Å²) in [6.07, 6.45) is 6.20. The van der Waals surface area contributed by atoms with E-state index in [2.05, 4.69) is 52.4 Å². The summed E-state index contributed by atoms with van der Waals surface area (Å²) in [5, 5.41) is 2.49. The molecule has 2 atom stereocenters. The van der Waals surface area contributed by atoms with E-state index in [0.29, 0.717) is 5.92 Å². The number of likely N-dealkylation sites (tertiary alicyclic amines) is 1. The van der Waals surface area contributed by atoms with Crippen LogP contribution < -0.4 is 5.32 Å². The number of piperidine rings is 1. The van der Waals surface area contributed by atoms with Crippen LogP contribution in [0.2, 0.25) is 0 Å². The lowest BCUT2D eigenvalue weighted by Crippen LogP contribution is -2.64. The fourth-order valence-corrected chi connectivity index (χ4v) is 4.83. The maximum absolute atomic E-state index is 12.7. The van der Waals surface area contributed by atoms with Crippen LogP contribution in [-0.4, -0.2) is 71.5 Å². The number of imide groups is 1. The van der Waals surface area contributed by atoms with E-state index in [1.165, 1.54) is 5.56 Å². The highest BCUT2D eigenvalue weighted by molar-refractivity contribution is 6.03. The van der Waals surface area contributed by atoms with E-state index < -0.39 is 12.2 Å². The summed E-state index contributed by atoms with van der Waals surface area (Å²) in [5.74, 6) is 1.35. The molecule has 7 nitrogen and oxygen atoms in total. The first-order valence-corrected chi connectivity index (χ1v) is 11.3. The van der Waals surface area contributed by atoms with Gasteiger partial charge in [-0.25, -0.2) is 9.79 Å². The van der Waals surface area contributed by atoms with Gasteiger partial charge < -0.3 is 14.7 Å². The van der Waals surface area contributed by atoms with Crippen LogP contribution in [-0.2, 0) is 11.2 Å². The minimum absolute atomic E-state index is 0.225. The average Bonchev–Trinajstić information content (AvgIpc) is 3.14. The number of nitrogens with one attached hydrogen (secondary N) is 1. The van der Waals surface area contributed by atoms with Gasteiger partial charge in [-0.05, 0) is 37.2 Å². The lowest BCUT2D eigenvalue weighted by Gasteiger charge is -2.39. The number of fused-ring (bicyclic) bond motifs is 1. The van der Waals surface area contributed by atoms with Crippen LogP contribution in [0.1, 0.15) is 44.6 Å². The van der Waals surface area contributed by atoms with E-state index in [0.717, 1.165) is 64.1 Å². The van der Waals surface area contributed by atoms with Gasteiger partial charge in [0.2, 0.25) is 0 Å². The fraction of sp³-hybridized carbons (Fsp3) is 0.609. The van der Waals surface area contributed by atoms with E-state index in [-0.39, 0.29) is 11.9 Å². The van der Waals surface area contributed by atoms with Crippen molar-refractivity contribution in [2.75, 3.05) is 26.7 Å². The van der Waals surface area contributed by atoms with E-state index in [4.69, 9.17) is 4.99 Å². The van der Waals surface area contributed by atoms with Gasteiger partial charge in [-0.2, -0.15) is 0 Å². The third-order valence-electron chi connectivity index (χ3n) is 6.61. The Morgan fingerprint density at radius 2 is 1.83 bits per heavy atom. The van der Waals surface area contributed by atoms with Gasteiger partial charge >= 0.3 is 6.03 Å². The average molecular weight is 412 g/mol. The number of urea groups is 1. The van der Waals surface area contributed by atoms with Crippen molar-refractivity contribution in [1.29, 1.82) is 0 Å². The van der Waals surface area contributed by atoms with Gasteiger partial charge in [0.15, 0.2) is 18.2 Å². The first-order valence-electron chi connectivity index (χ1n) is 11.3. The van der Waals surface area contributed by atoms with Crippen LogP contribution in [0.4, 0.5) is 4.79 Å². The van der Waals surface area contributed by atoms with Gasteiger partial charge in [0.05, 0.1) is 0 Å². The molecule has 2 unspecified atom stereocenters. The lowest BCUT2D eigenvalue weighted by molar-refractivity contribution is -0.127. The Bertz CT molecular complexity index is 788. The smallest absolute Gasteiger partial charge is 0.325 e. The molecule has 0 saturated carbocycles. The highest BCUT2D eigenvalue weighted by atomic mass is 16.2. The predicted molar refractivity (Wildman–Crippen MR) is 117 cm³/mol. The summed E-state index contributed by atoms with van der Waals surface area (Å²) in [4.78, 5) is 35.7. The van der Waals surface area contributed by atoms with Crippen molar-refractivity contribution in [1.82, 2.24) is 20.0 Å². The van der Waals surface area contributed by atoms with E-state index in [1.807, 2.05) is 0 Å². The van der Waals surface area contributed by atoms with Crippen molar-refractivity contribution in [3.8, 4) is 0 Å². The fourth-order valence-electron chi connectivity index (χ4n) is 4.83. The number of likely N-dealkylation sites (N-methyl/N-ethyl adjacent to an activating group) is 1. The molecule has 7 heteroatoms. The Balaban J connectivity index is 1.45. The zero-order valence-corrected chi connectivity index (χ0v) is 18.1. The Morgan fingerprint density at radius 3 is 2.53 bits per heavy atom. The number of nitrogens with zero attached hydrogens (tertiary/aromatic N) is 4. The Hall–Kier alpha value is -2.57. The zero-order valence-electron chi connectivity index (χ0n) is 18.1. The number of guanidine groups is 1. The van der Waals surface area contributed by atoms with Gasteiger partial charge in [0, 0.05) is 26.7 Å². The molecule has 1 aromatic carbocycles. The summed E-state index contributed by atoms with van der Waals surface area (Å²) in [7, 11) is 1.72. The van der Waals surface area contributed by atoms with Crippen molar-refractivity contribution in [2.24, 2.45) is 10.9 Å². The number of unbranched alkanes of at least 4 members (excludes halogenated alkanes) is 2. The standard InChI is InChI=1S/C23H33N5O2/c1-3-4-8-13-28-19-20(26(2)23(30)25-21(19)29)24-22(28)27-14-11-18(12-15-27)16-17-9-6-5-7-10-17/h5-7,9-10,18-20H,3-4,8,11-16H2,1-2H3,(H,25,29,30). The van der Waals surface area contributed by atoms with Crippen molar-refractivity contribution in [2.45, 2.75) is 57.7 Å². The SMILES string of the molecule is CCCCCN1C(N2CCC(Cc3ccccc3)CC2)=NC2C1C(=O)NC(=O)N2C. The largest absolute Gasteiger partial charge is 0.343 e. The lowest BCUT2D eigenvalue weighted by atomic mass is 9.90. The van der Waals surface area contributed by atoms with Gasteiger partial charge in [-0.15, -0.1) is 0 Å². The van der Waals surface area contributed by atoms with Crippen LogP contribution in [0.3, 0.4) is 0 Å². The maximum Gasteiger partial charge on any atom is 0.325 e. The second kappa shape index (κ2) is 9.06. The highest BCUT2D eigenvalue weighted by Crippen LogP contribution is 2.29. The molecule has 1 N–H and O–H groups in total. The summed E-state index contributed by atoms with van der Waals surface area (Å²) >= 11 is 0. The van der Waals surface area contributed by atoms with Crippen LogP contribution in [0.5, 0.6) is 0 Å². The Labute approximate surface area is 179 Å². The molecule has 3 amide bonds. The molecule has 3 aliphatic rings. The molecule has 2 saturated heterocycles. The topological polar surface area (TPSA) is 68.2 Å². The third kappa shape index (κ3) is 4.16. The molecule has 2 fully saturated rings. The predicted octanol–water partition coefficient (Wildman–Crippen LogP) is 2.68. The summed E-state index contributed by atoms with van der Waals surface area (Å²) < 4.78 is 0. The summed E-state index contributed by atoms with van der Waals surface area (Å²) in [5.41, 5.74) is 1.40. The maximum atomic E-state index is 12.7. The second-order valence-corrected chi connectivity index (χ2v) is 8.71. The number of carbonyl (C=O) groups excluding carboxylic acids is 2. The number of rotatable bonds is 6. The molecular formula is C23H33N5O2. The molecule has 0 spiro atoms. The number of carbonyl (C=O) groups is 2. The quantitative estimate of drug-likeness (QED) is 0.731. The molecular weight excluding hydrogens is 378 g/mol. The molecule has 3 heterocycles. The van der Waals surface area contributed by atoms with Crippen molar-refractivity contribution in [3.63, 3.8) is 0 Å². The van der Waals surface area contributed by atoms with Gasteiger partial charge in [-0.1, -0.05) is 50.1 Å². The molecule has 0 aliphatic carbocycles. The Morgan fingerprint density at radius 1 is 1.10 bits per heavy atom. The molecule has 0 bridgehead atoms. The van der Waals surface area contributed by atoms with Crippen molar-refractivity contribution in [3.05, 3.63) is 35.9 Å². The van der Waals surface area contributed by atoms with Crippen molar-refractivity contribution < 1.29 is 9.59 Å². The molecule has 30 heavy (non-hydrogen) atoms. The van der Waals surface area contributed by atoms with E-state index >= 15 is 0 Å². The number of amides is 3. The molecule has 1 aromatic rings. The van der Waals surface area contributed by atoms with Gasteiger partial charge in [-0.3, -0.25) is 10.1 Å². The molecule has 3 aliphatic heterocycles. The monoisotopic (exact) mass is 411 g/mol. The van der Waals surface area contributed by atoms with E-state index in [9.17, 15) is 9.59 Å². The van der Waals surface area contributed by atoms with Crippen LogP contribution in [0.15, 0.2) is 35.3 Å². The third-order valence-corrected chi connectivity index (χ3v) is 6.61. The molecule has 0 radical (unpaired) electrons. The van der Waals surface area contributed by atoms with Crippen molar-refractivity contribution >= 4 is 17.9 Å². The number of hydrogen-bond donors (Lipinski definition) is 1. The number of aliphatic imine (C=N–C) groups is 1. The summed E-state index contributed by atoms with van der Waals surface area (Å²) in [6.45, 7) is 4.87. The van der Waals surface area contributed by atoms with Crippen LogP contribution >= 0.6 is 0 Å². The van der Waals surface area contributed by atoms with E-state index in [1.54, 1.807) is 11.9 Å². The minimum atomic E-state index is -0.426. The molecule has 0 aromatic heterocycles. The molecule has 162 valence electrons. The normalized spacial score (nSPS) is 24.7. The summed E-state index contributed by atoms with van der Waals surface area (Å²) in [6, 6.07) is 9.92. The first-order chi connectivity index (χ1) is 14.6. The van der Waals surface area contributed by atoms with Crippen LogP contribution in [0, 0.1) is 5.92 Å². The second-order valence-electron chi connectivity index (χ2n) is 8.71. The first kappa shape index (κ1) is 20.7. The number of benzene rings is 1.